The Morgan fingerprint density at radius 2 is 2.00 bits per heavy atom. The van der Waals surface area contributed by atoms with Gasteiger partial charge in [0.05, 0.1) is 24.0 Å². The molecule has 4 rings (SSSR count). The van der Waals surface area contributed by atoms with E-state index in [-0.39, 0.29) is 22.0 Å². The molecule has 3 aromatic heterocycles. The van der Waals surface area contributed by atoms with E-state index in [0.717, 1.165) is 16.8 Å². The molecule has 1 aromatic carbocycles. The van der Waals surface area contributed by atoms with Crippen molar-refractivity contribution < 1.29 is 23.8 Å². The zero-order valence-electron chi connectivity index (χ0n) is 18.6. The first-order chi connectivity index (χ1) is 16.1. The predicted octanol–water partition coefficient (Wildman–Crippen LogP) is 3.60. The highest BCUT2D eigenvalue weighted by molar-refractivity contribution is 6.30. The molecule has 0 radical (unpaired) electrons. The highest BCUT2D eigenvalue weighted by Gasteiger charge is 2.18. The molecule has 0 unspecified atom stereocenters. The SMILES string of the molecule is CCOC(=O)c1cn[nH]c1N.Cc1nc2c(C(=O)O)cnn2c(C)c1Cc1ccc(F)c(Cl)c1. The van der Waals surface area contributed by atoms with Gasteiger partial charge in [0.2, 0.25) is 0 Å². The van der Waals surface area contributed by atoms with Crippen molar-refractivity contribution in [3.63, 3.8) is 0 Å². The van der Waals surface area contributed by atoms with Gasteiger partial charge in [-0.2, -0.15) is 10.2 Å². The van der Waals surface area contributed by atoms with Gasteiger partial charge in [0.1, 0.15) is 22.8 Å². The van der Waals surface area contributed by atoms with Crippen LogP contribution in [0.4, 0.5) is 10.2 Å². The first-order valence-corrected chi connectivity index (χ1v) is 10.5. The largest absolute Gasteiger partial charge is 0.477 e. The summed E-state index contributed by atoms with van der Waals surface area (Å²) in [5.74, 6) is -1.73. The monoisotopic (exact) mass is 488 g/mol. The lowest BCUT2D eigenvalue weighted by Gasteiger charge is -2.11. The van der Waals surface area contributed by atoms with Crippen LogP contribution in [-0.2, 0) is 11.2 Å². The second kappa shape index (κ2) is 10.3. The standard InChI is InChI=1S/C16H13ClFN3O2.C6H9N3O2/c1-8-11(5-10-3-4-14(18)13(17)6-10)9(2)21-15(20-8)12(7-19-21)16(22)23;1-2-11-6(10)4-3-8-9-5(4)7/h3-4,6-7H,5H2,1-2H3,(H,22,23);3H,2H2,1H3,(H3,7,8,9). The van der Waals surface area contributed by atoms with E-state index in [9.17, 15) is 19.1 Å². The predicted molar refractivity (Wildman–Crippen MR) is 123 cm³/mol. The van der Waals surface area contributed by atoms with Crippen LogP contribution >= 0.6 is 11.6 Å². The third kappa shape index (κ3) is 5.15. The number of rotatable bonds is 5. The number of aryl methyl sites for hydroxylation is 2. The highest BCUT2D eigenvalue weighted by atomic mass is 35.5. The van der Waals surface area contributed by atoms with Gasteiger partial charge < -0.3 is 15.6 Å². The molecule has 0 atom stereocenters. The van der Waals surface area contributed by atoms with Gasteiger partial charge in [-0.25, -0.2) is 23.5 Å². The van der Waals surface area contributed by atoms with Crippen molar-refractivity contribution >= 4 is 35.0 Å². The van der Waals surface area contributed by atoms with Crippen molar-refractivity contribution in [3.05, 3.63) is 75.1 Å². The van der Waals surface area contributed by atoms with Gasteiger partial charge in [0.25, 0.3) is 0 Å². The first-order valence-electron chi connectivity index (χ1n) is 10.1. The van der Waals surface area contributed by atoms with E-state index in [1.54, 1.807) is 19.1 Å². The molecular formula is C22H22ClFN6O4. The number of anilines is 1. The van der Waals surface area contributed by atoms with Crippen LogP contribution in [-0.4, -0.2) is 48.4 Å². The van der Waals surface area contributed by atoms with Crippen molar-refractivity contribution in [2.45, 2.75) is 27.2 Å². The molecular weight excluding hydrogens is 467 g/mol. The lowest BCUT2D eigenvalue weighted by atomic mass is 10.0. The number of benzene rings is 1. The molecule has 0 aliphatic rings. The van der Waals surface area contributed by atoms with Crippen LogP contribution < -0.4 is 5.73 Å². The Morgan fingerprint density at radius 1 is 1.26 bits per heavy atom. The van der Waals surface area contributed by atoms with Gasteiger partial charge in [-0.05, 0) is 44.0 Å². The molecule has 10 nitrogen and oxygen atoms in total. The van der Waals surface area contributed by atoms with Crippen molar-refractivity contribution in [1.29, 1.82) is 0 Å². The summed E-state index contributed by atoms with van der Waals surface area (Å²) in [5.41, 5.74) is 9.26. The maximum absolute atomic E-state index is 13.3. The lowest BCUT2D eigenvalue weighted by molar-refractivity contribution is 0.0527. The van der Waals surface area contributed by atoms with Crippen LogP contribution in [0.25, 0.3) is 5.65 Å². The fraction of sp³-hybridized carbons (Fsp3) is 0.227. The molecule has 4 aromatic rings. The molecule has 12 heteroatoms. The van der Waals surface area contributed by atoms with Gasteiger partial charge in [0, 0.05) is 17.8 Å². The van der Waals surface area contributed by atoms with Gasteiger partial charge in [-0.15, -0.1) is 0 Å². The average Bonchev–Trinajstić information content (AvgIpc) is 3.40. The Hall–Kier alpha value is -3.99. The number of nitrogen functional groups attached to an aromatic ring is 1. The normalized spacial score (nSPS) is 10.6. The first kappa shape index (κ1) is 24.6. The summed E-state index contributed by atoms with van der Waals surface area (Å²) in [4.78, 5) is 26.5. The number of ether oxygens (including phenoxy) is 1. The van der Waals surface area contributed by atoms with Gasteiger partial charge in [-0.3, -0.25) is 5.10 Å². The number of carbonyl (C=O) groups excluding carboxylic acids is 1. The minimum atomic E-state index is -1.07. The summed E-state index contributed by atoms with van der Waals surface area (Å²) in [5, 5.41) is 19.4. The number of hydrogen-bond acceptors (Lipinski definition) is 7. The van der Waals surface area contributed by atoms with E-state index in [1.165, 1.54) is 23.0 Å². The Kier molecular flexibility index (Phi) is 7.47. The topological polar surface area (TPSA) is 148 Å². The number of H-pyrrole nitrogens is 1. The van der Waals surface area contributed by atoms with E-state index in [4.69, 9.17) is 17.3 Å². The molecule has 4 N–H and O–H groups in total. The summed E-state index contributed by atoms with van der Waals surface area (Å²) in [7, 11) is 0. The third-order valence-corrected chi connectivity index (χ3v) is 5.26. The van der Waals surface area contributed by atoms with Crippen molar-refractivity contribution in [1.82, 2.24) is 24.8 Å². The fourth-order valence-electron chi connectivity index (χ4n) is 3.24. The van der Waals surface area contributed by atoms with Crippen molar-refractivity contribution in [2.24, 2.45) is 0 Å². The molecule has 0 aliphatic heterocycles. The fourth-order valence-corrected chi connectivity index (χ4v) is 3.44. The third-order valence-electron chi connectivity index (χ3n) is 4.97. The molecule has 0 spiro atoms. The second-order valence-electron chi connectivity index (χ2n) is 7.20. The van der Waals surface area contributed by atoms with Crippen LogP contribution in [0, 0.1) is 19.7 Å². The summed E-state index contributed by atoms with van der Waals surface area (Å²) >= 11 is 5.82. The lowest BCUT2D eigenvalue weighted by Crippen LogP contribution is -2.07. The highest BCUT2D eigenvalue weighted by Crippen LogP contribution is 2.23. The molecule has 3 heterocycles. The van der Waals surface area contributed by atoms with Crippen molar-refractivity contribution in [2.75, 3.05) is 12.3 Å². The van der Waals surface area contributed by atoms with Crippen LogP contribution in [0.2, 0.25) is 5.02 Å². The Morgan fingerprint density at radius 3 is 2.59 bits per heavy atom. The van der Waals surface area contributed by atoms with Crippen LogP contribution in [0.15, 0.2) is 30.6 Å². The van der Waals surface area contributed by atoms with E-state index < -0.39 is 17.8 Å². The number of nitrogens with one attached hydrogen (secondary N) is 1. The summed E-state index contributed by atoms with van der Waals surface area (Å²) < 4.78 is 19.5. The number of aromatic amines is 1. The van der Waals surface area contributed by atoms with Gasteiger partial charge in [-0.1, -0.05) is 17.7 Å². The number of carboxylic acids is 1. The zero-order chi connectivity index (χ0) is 25.0. The number of nitrogens with zero attached hydrogens (tertiary/aromatic N) is 4. The van der Waals surface area contributed by atoms with Crippen molar-refractivity contribution in [3.8, 4) is 0 Å². The number of fused-ring (bicyclic) bond motifs is 1. The molecule has 0 saturated heterocycles. The van der Waals surface area contributed by atoms with Gasteiger partial charge >= 0.3 is 11.9 Å². The number of carboxylic acid groups (broad SMARTS) is 1. The Bertz CT molecular complexity index is 1370. The molecule has 0 bridgehead atoms. The van der Waals surface area contributed by atoms with E-state index in [0.29, 0.717) is 24.4 Å². The minimum absolute atomic E-state index is 0.0626. The van der Waals surface area contributed by atoms with Crippen LogP contribution in [0.3, 0.4) is 0 Å². The zero-order valence-corrected chi connectivity index (χ0v) is 19.4. The second-order valence-corrected chi connectivity index (χ2v) is 7.61. The maximum Gasteiger partial charge on any atom is 0.343 e. The maximum atomic E-state index is 13.3. The number of esters is 1. The number of carbonyl (C=O) groups is 2. The number of halogens is 2. The smallest absolute Gasteiger partial charge is 0.343 e. The molecule has 0 aliphatic carbocycles. The number of aromatic carboxylic acids is 1. The molecule has 0 amide bonds. The van der Waals surface area contributed by atoms with Crippen LogP contribution in [0.1, 0.15) is 50.2 Å². The average molecular weight is 489 g/mol. The summed E-state index contributed by atoms with van der Waals surface area (Å²) in [6.45, 7) is 5.73. The molecule has 0 fully saturated rings. The van der Waals surface area contributed by atoms with E-state index >= 15 is 0 Å². The van der Waals surface area contributed by atoms with E-state index in [2.05, 4.69) is 25.0 Å². The Labute approximate surface area is 198 Å². The molecule has 0 saturated carbocycles. The summed E-state index contributed by atoms with van der Waals surface area (Å²) in [6.07, 6.45) is 3.13. The number of hydrogen-bond donors (Lipinski definition) is 3. The minimum Gasteiger partial charge on any atom is -0.477 e. The number of nitrogens with two attached hydrogens (primary N) is 1. The van der Waals surface area contributed by atoms with Gasteiger partial charge in [0.15, 0.2) is 5.65 Å². The quantitative estimate of drug-likeness (QED) is 0.361. The van der Waals surface area contributed by atoms with Crippen LogP contribution in [0.5, 0.6) is 0 Å². The Balaban J connectivity index is 0.000000248. The number of aromatic nitrogens is 5. The summed E-state index contributed by atoms with van der Waals surface area (Å²) in [6, 6.07) is 4.56. The van der Waals surface area contributed by atoms with E-state index in [1.807, 2.05) is 13.8 Å². The molecule has 178 valence electrons. The molecule has 34 heavy (non-hydrogen) atoms.